The number of fused-ring (bicyclic) bond motifs is 1. The Morgan fingerprint density at radius 2 is 1.81 bits per heavy atom. The molecule has 2 aromatic carbocycles. The molecule has 7 heteroatoms. The van der Waals surface area contributed by atoms with Gasteiger partial charge in [-0.1, -0.05) is 12.1 Å². The third kappa shape index (κ3) is 3.16. The fourth-order valence-electron chi connectivity index (χ4n) is 3.55. The van der Waals surface area contributed by atoms with Crippen LogP contribution in [0.1, 0.15) is 29.6 Å². The highest BCUT2D eigenvalue weighted by Gasteiger charge is 2.31. The van der Waals surface area contributed by atoms with Gasteiger partial charge in [0.25, 0.3) is 0 Å². The fourth-order valence-corrected chi connectivity index (χ4v) is 3.55. The van der Waals surface area contributed by atoms with Crippen LogP contribution in [-0.4, -0.2) is 36.1 Å². The SMILES string of the molecule is COc1cccc([C@H]2C[C@H](c3ccc(OC)cc3OC)n3ncnc3N2)c1. The minimum absolute atomic E-state index is 0.0131. The first-order valence-corrected chi connectivity index (χ1v) is 8.75. The molecule has 0 spiro atoms. The van der Waals surface area contributed by atoms with Crippen LogP contribution in [0.3, 0.4) is 0 Å². The van der Waals surface area contributed by atoms with Crippen LogP contribution in [-0.2, 0) is 0 Å². The number of methoxy groups -OCH3 is 3. The van der Waals surface area contributed by atoms with E-state index in [1.807, 2.05) is 41.1 Å². The van der Waals surface area contributed by atoms with Gasteiger partial charge in [0.15, 0.2) is 0 Å². The van der Waals surface area contributed by atoms with E-state index in [0.29, 0.717) is 0 Å². The highest BCUT2D eigenvalue weighted by Crippen LogP contribution is 2.41. The number of hydrogen-bond donors (Lipinski definition) is 1. The van der Waals surface area contributed by atoms with E-state index in [9.17, 15) is 0 Å². The molecule has 0 saturated heterocycles. The Morgan fingerprint density at radius 3 is 2.59 bits per heavy atom. The van der Waals surface area contributed by atoms with E-state index in [2.05, 4.69) is 21.5 Å². The summed E-state index contributed by atoms with van der Waals surface area (Å²) < 4.78 is 18.2. The highest BCUT2D eigenvalue weighted by molar-refractivity contribution is 5.46. The molecular formula is C20H22N4O3. The third-order valence-corrected chi connectivity index (χ3v) is 4.93. The van der Waals surface area contributed by atoms with Gasteiger partial charge in [-0.3, -0.25) is 0 Å². The molecule has 0 radical (unpaired) electrons. The summed E-state index contributed by atoms with van der Waals surface area (Å²) in [5.41, 5.74) is 2.18. The van der Waals surface area contributed by atoms with Gasteiger partial charge in [0.05, 0.1) is 33.4 Å². The van der Waals surface area contributed by atoms with E-state index in [1.165, 1.54) is 0 Å². The van der Waals surface area contributed by atoms with Gasteiger partial charge >= 0.3 is 0 Å². The smallest absolute Gasteiger partial charge is 0.222 e. The lowest BCUT2D eigenvalue weighted by Crippen LogP contribution is -2.28. The summed E-state index contributed by atoms with van der Waals surface area (Å²) in [5, 5.41) is 7.90. The standard InChI is InChI=1S/C20H22N4O3/c1-25-14-6-4-5-13(9-14)17-11-18(24-20(23-17)21-12-22-24)16-8-7-15(26-2)10-19(16)27-3/h4-10,12,17-18H,11H2,1-3H3,(H,21,22,23)/t17-,18-/m1/s1. The van der Waals surface area contributed by atoms with Crippen LogP contribution in [0.5, 0.6) is 17.2 Å². The fraction of sp³-hybridized carbons (Fsp3) is 0.300. The summed E-state index contributed by atoms with van der Waals surface area (Å²) in [5.74, 6) is 3.09. The second kappa shape index (κ2) is 7.19. The van der Waals surface area contributed by atoms with Crippen LogP contribution in [0.25, 0.3) is 0 Å². The first kappa shape index (κ1) is 17.2. The lowest BCUT2D eigenvalue weighted by atomic mass is 9.92. The van der Waals surface area contributed by atoms with Crippen molar-refractivity contribution in [2.45, 2.75) is 18.5 Å². The Morgan fingerprint density at radius 1 is 1.00 bits per heavy atom. The molecule has 2 heterocycles. The van der Waals surface area contributed by atoms with Crippen LogP contribution in [0.2, 0.25) is 0 Å². The highest BCUT2D eigenvalue weighted by atomic mass is 16.5. The molecule has 1 N–H and O–H groups in total. The van der Waals surface area contributed by atoms with Gasteiger partial charge in [-0.05, 0) is 36.2 Å². The van der Waals surface area contributed by atoms with Crippen LogP contribution in [0.15, 0.2) is 48.8 Å². The molecule has 1 aliphatic rings. The van der Waals surface area contributed by atoms with Crippen LogP contribution in [0.4, 0.5) is 5.95 Å². The van der Waals surface area contributed by atoms with Crippen molar-refractivity contribution in [1.82, 2.24) is 14.8 Å². The number of anilines is 1. The Balaban J connectivity index is 1.75. The summed E-state index contributed by atoms with van der Waals surface area (Å²) >= 11 is 0. The Labute approximate surface area is 157 Å². The Bertz CT molecular complexity index is 940. The molecule has 0 fully saturated rings. The summed E-state index contributed by atoms with van der Waals surface area (Å²) in [4.78, 5) is 4.38. The number of aromatic nitrogens is 3. The maximum atomic E-state index is 5.63. The van der Waals surface area contributed by atoms with Crippen molar-refractivity contribution >= 4 is 5.95 Å². The monoisotopic (exact) mass is 366 g/mol. The molecule has 27 heavy (non-hydrogen) atoms. The molecule has 3 aromatic rings. The van der Waals surface area contributed by atoms with E-state index in [1.54, 1.807) is 27.7 Å². The van der Waals surface area contributed by atoms with E-state index in [4.69, 9.17) is 14.2 Å². The van der Waals surface area contributed by atoms with Crippen molar-refractivity contribution < 1.29 is 14.2 Å². The van der Waals surface area contributed by atoms with Crippen LogP contribution >= 0.6 is 0 Å². The van der Waals surface area contributed by atoms with Gasteiger partial charge in [-0.2, -0.15) is 10.1 Å². The summed E-state index contributed by atoms with van der Waals surface area (Å²) in [7, 11) is 4.99. The van der Waals surface area contributed by atoms with Gasteiger partial charge in [0, 0.05) is 11.6 Å². The first-order chi connectivity index (χ1) is 13.2. The zero-order chi connectivity index (χ0) is 18.8. The molecule has 1 aliphatic heterocycles. The van der Waals surface area contributed by atoms with Gasteiger partial charge in [-0.25, -0.2) is 4.68 Å². The number of hydrogen-bond acceptors (Lipinski definition) is 6. The molecule has 4 rings (SSSR count). The van der Waals surface area contributed by atoms with Crippen LogP contribution in [0, 0.1) is 0 Å². The molecule has 7 nitrogen and oxygen atoms in total. The maximum absolute atomic E-state index is 5.63. The predicted octanol–water partition coefficient (Wildman–Crippen LogP) is 3.45. The number of nitrogens with one attached hydrogen (secondary N) is 1. The molecule has 0 bridgehead atoms. The number of rotatable bonds is 5. The average Bonchev–Trinajstić information content (AvgIpc) is 3.21. The second-order valence-electron chi connectivity index (χ2n) is 6.36. The molecule has 140 valence electrons. The molecule has 0 saturated carbocycles. The maximum Gasteiger partial charge on any atom is 0.222 e. The van der Waals surface area contributed by atoms with Crippen molar-refractivity contribution in [3.63, 3.8) is 0 Å². The topological polar surface area (TPSA) is 70.4 Å². The van der Waals surface area contributed by atoms with E-state index in [-0.39, 0.29) is 12.1 Å². The van der Waals surface area contributed by atoms with E-state index >= 15 is 0 Å². The first-order valence-electron chi connectivity index (χ1n) is 8.75. The molecular weight excluding hydrogens is 344 g/mol. The number of benzene rings is 2. The quantitative estimate of drug-likeness (QED) is 0.746. The van der Waals surface area contributed by atoms with Gasteiger partial charge in [0.2, 0.25) is 5.95 Å². The average molecular weight is 366 g/mol. The molecule has 1 aromatic heterocycles. The minimum Gasteiger partial charge on any atom is -0.497 e. The van der Waals surface area contributed by atoms with Crippen molar-refractivity contribution in [3.8, 4) is 17.2 Å². The molecule has 2 atom stereocenters. The number of nitrogens with zero attached hydrogens (tertiary/aromatic N) is 3. The van der Waals surface area contributed by atoms with E-state index in [0.717, 1.165) is 40.7 Å². The number of ether oxygens (including phenoxy) is 3. The van der Waals surface area contributed by atoms with Crippen molar-refractivity contribution in [1.29, 1.82) is 0 Å². The second-order valence-corrected chi connectivity index (χ2v) is 6.36. The molecule has 0 aliphatic carbocycles. The van der Waals surface area contributed by atoms with Crippen molar-refractivity contribution in [3.05, 3.63) is 59.9 Å². The Kier molecular flexibility index (Phi) is 4.58. The van der Waals surface area contributed by atoms with E-state index < -0.39 is 0 Å². The Hall–Kier alpha value is -3.22. The van der Waals surface area contributed by atoms with Crippen LogP contribution < -0.4 is 19.5 Å². The predicted molar refractivity (Wildman–Crippen MR) is 102 cm³/mol. The largest absolute Gasteiger partial charge is 0.497 e. The molecule has 0 amide bonds. The van der Waals surface area contributed by atoms with Gasteiger partial charge < -0.3 is 19.5 Å². The van der Waals surface area contributed by atoms with Crippen molar-refractivity contribution in [2.24, 2.45) is 0 Å². The zero-order valence-corrected chi connectivity index (χ0v) is 15.5. The van der Waals surface area contributed by atoms with Crippen molar-refractivity contribution in [2.75, 3.05) is 26.6 Å². The lowest BCUT2D eigenvalue weighted by Gasteiger charge is -2.32. The summed E-state index contributed by atoms with van der Waals surface area (Å²) in [6.45, 7) is 0. The van der Waals surface area contributed by atoms with Gasteiger partial charge in [-0.15, -0.1) is 0 Å². The molecule has 0 unspecified atom stereocenters. The van der Waals surface area contributed by atoms with Gasteiger partial charge in [0.1, 0.15) is 23.6 Å². The summed E-state index contributed by atoms with van der Waals surface area (Å²) in [6.07, 6.45) is 2.37. The zero-order valence-electron chi connectivity index (χ0n) is 15.5. The lowest BCUT2D eigenvalue weighted by molar-refractivity contribution is 0.370. The minimum atomic E-state index is -0.0131. The third-order valence-electron chi connectivity index (χ3n) is 4.93. The normalized spacial score (nSPS) is 18.3. The summed E-state index contributed by atoms with van der Waals surface area (Å²) in [6, 6.07) is 14.0.